The van der Waals surface area contributed by atoms with Gasteiger partial charge in [0, 0.05) is 48.0 Å². The first-order chi connectivity index (χ1) is 23.4. The van der Waals surface area contributed by atoms with E-state index < -0.39 is 28.6 Å². The molecule has 0 aliphatic carbocycles. The van der Waals surface area contributed by atoms with Gasteiger partial charge in [-0.05, 0) is 44.9 Å². The first-order valence-electron chi connectivity index (χ1n) is 15.8. The van der Waals surface area contributed by atoms with E-state index in [4.69, 9.17) is 68.0 Å². The Morgan fingerprint density at radius 2 is 1.88 bits per heavy atom. The highest BCUT2D eigenvalue weighted by molar-refractivity contribution is 6.67. The molecule has 1 saturated heterocycles. The maximum atomic E-state index is 13.0. The van der Waals surface area contributed by atoms with Gasteiger partial charge in [-0.2, -0.15) is 5.26 Å². The van der Waals surface area contributed by atoms with Crippen molar-refractivity contribution in [1.29, 1.82) is 5.26 Å². The number of halogens is 3. The number of benzene rings is 2. The van der Waals surface area contributed by atoms with Crippen LogP contribution in [0.15, 0.2) is 18.7 Å². The number of nitrogens with one attached hydrogen (secondary N) is 1. The van der Waals surface area contributed by atoms with Crippen molar-refractivity contribution in [3.8, 4) is 34.8 Å². The molecule has 0 radical (unpaired) electrons. The molecule has 2 aromatic carbocycles. The minimum atomic E-state index is -1.78. The van der Waals surface area contributed by atoms with Crippen molar-refractivity contribution in [2.45, 2.75) is 60.7 Å². The number of nitrogens with zero attached hydrogens (tertiary/aromatic N) is 3. The van der Waals surface area contributed by atoms with Crippen LogP contribution in [0.2, 0.25) is 0 Å². The number of carbonyl (C=O) groups excluding carboxylic acids is 1. The second-order valence-corrected chi connectivity index (χ2v) is 15.0. The fourth-order valence-electron chi connectivity index (χ4n) is 7.98. The second kappa shape index (κ2) is 14.1. The lowest BCUT2D eigenvalue weighted by atomic mass is 9.71. The highest BCUT2D eigenvalue weighted by Gasteiger charge is 2.57. The summed E-state index contributed by atoms with van der Waals surface area (Å²) in [6, 6.07) is 2.83. The van der Waals surface area contributed by atoms with Crippen LogP contribution in [-0.2, 0) is 22.3 Å². The molecule has 2 unspecified atom stereocenters. The summed E-state index contributed by atoms with van der Waals surface area (Å²) in [5.74, 6) is 2.99. The van der Waals surface area contributed by atoms with E-state index in [9.17, 15) is 10.1 Å². The summed E-state index contributed by atoms with van der Waals surface area (Å²) in [5, 5.41) is 13.8. The number of ether oxygens (including phenoxy) is 7. The Hall–Kier alpha value is -3.31. The summed E-state index contributed by atoms with van der Waals surface area (Å²) in [6.07, 6.45) is 1.96. The molecule has 6 rings (SSSR count). The highest BCUT2D eigenvalue weighted by Crippen LogP contribution is 2.58. The lowest BCUT2D eigenvalue weighted by Crippen LogP contribution is -2.68. The summed E-state index contributed by atoms with van der Waals surface area (Å²) in [4.78, 5) is 17.4. The molecular formula is C34H39Cl3N4O8. The van der Waals surface area contributed by atoms with Crippen LogP contribution in [0.1, 0.15) is 45.5 Å². The van der Waals surface area contributed by atoms with Crippen LogP contribution in [0.4, 0.5) is 4.79 Å². The first kappa shape index (κ1) is 35.5. The quantitative estimate of drug-likeness (QED) is 0.190. The van der Waals surface area contributed by atoms with Crippen LogP contribution in [0.3, 0.4) is 0 Å². The smallest absolute Gasteiger partial charge is 0.407 e. The number of piperazine rings is 1. The number of alkyl halides is 3. The van der Waals surface area contributed by atoms with Gasteiger partial charge in [0.15, 0.2) is 29.8 Å². The van der Waals surface area contributed by atoms with Crippen molar-refractivity contribution in [1.82, 2.24) is 15.1 Å². The number of amides is 1. The molecule has 12 nitrogen and oxygen atoms in total. The van der Waals surface area contributed by atoms with E-state index >= 15 is 0 Å². The van der Waals surface area contributed by atoms with E-state index in [1.54, 1.807) is 20.3 Å². The van der Waals surface area contributed by atoms with Gasteiger partial charge in [0.05, 0.1) is 25.3 Å². The van der Waals surface area contributed by atoms with Crippen molar-refractivity contribution in [3.05, 3.63) is 52.1 Å². The number of likely N-dealkylation sites (N-methyl/N-ethyl adjacent to an activating group) is 1. The number of fused-ring (bicyclic) bond motifs is 9. The standard InChI is InChI=1S/C34H39Cl3N4O8/c1-7-8-45-29-18(3)30-32(49-16-48-30)26-20(29)11-22-27-25-19(9-17(2)28(44-6)31(25)47-15-43-5)10-21(40(27)4)23(12-38)41(22)24(26)13-39-33(42)46-14-34(35,36)37/h7,9,21-24,27H,1,8,10-11,13-16H2,2-6H3,(H,39,42)/t21-,22?,23?,24-,27-/m0/s1. The van der Waals surface area contributed by atoms with E-state index in [1.807, 2.05) is 20.9 Å². The fourth-order valence-corrected chi connectivity index (χ4v) is 8.15. The molecule has 1 fully saturated rings. The van der Waals surface area contributed by atoms with Gasteiger partial charge in [0.1, 0.15) is 25.0 Å². The molecule has 264 valence electrons. The summed E-state index contributed by atoms with van der Waals surface area (Å²) in [7, 11) is 5.24. The molecule has 2 aromatic rings. The molecule has 1 amide bonds. The molecule has 1 N–H and O–H groups in total. The summed E-state index contributed by atoms with van der Waals surface area (Å²) < 4.78 is 39.4. The minimum absolute atomic E-state index is 0.0186. The average molecular weight is 738 g/mol. The number of rotatable bonds is 10. The van der Waals surface area contributed by atoms with E-state index in [1.165, 1.54) is 0 Å². The van der Waals surface area contributed by atoms with Crippen molar-refractivity contribution in [2.24, 2.45) is 0 Å². The number of hydrogen-bond donors (Lipinski definition) is 1. The van der Waals surface area contributed by atoms with Crippen LogP contribution >= 0.6 is 34.8 Å². The van der Waals surface area contributed by atoms with Gasteiger partial charge in [-0.3, -0.25) is 9.80 Å². The number of methoxy groups -OCH3 is 2. The fraction of sp³-hybridized carbons (Fsp3) is 0.529. The third kappa shape index (κ3) is 6.30. The molecule has 0 saturated carbocycles. The predicted molar refractivity (Wildman–Crippen MR) is 182 cm³/mol. The second-order valence-electron chi connectivity index (χ2n) is 12.5. The highest BCUT2D eigenvalue weighted by atomic mass is 35.6. The number of hydrogen-bond acceptors (Lipinski definition) is 11. The van der Waals surface area contributed by atoms with Gasteiger partial charge >= 0.3 is 6.09 Å². The van der Waals surface area contributed by atoms with Crippen LogP contribution in [0, 0.1) is 25.2 Å². The van der Waals surface area contributed by atoms with Gasteiger partial charge in [-0.15, -0.1) is 0 Å². The Morgan fingerprint density at radius 1 is 1.12 bits per heavy atom. The largest absolute Gasteiger partial charge is 0.493 e. The van der Waals surface area contributed by atoms with Crippen LogP contribution in [0.25, 0.3) is 0 Å². The Balaban J connectivity index is 1.55. The summed E-state index contributed by atoms with van der Waals surface area (Å²) >= 11 is 17.5. The maximum absolute atomic E-state index is 13.0. The number of nitriles is 1. The molecule has 0 spiro atoms. The van der Waals surface area contributed by atoms with E-state index in [0.29, 0.717) is 41.6 Å². The molecule has 4 aliphatic rings. The van der Waals surface area contributed by atoms with Gasteiger partial charge < -0.3 is 38.5 Å². The van der Waals surface area contributed by atoms with Crippen LogP contribution in [-0.4, -0.2) is 92.4 Å². The first-order valence-corrected chi connectivity index (χ1v) is 17.0. The summed E-state index contributed by atoms with van der Waals surface area (Å²) in [5.41, 5.74) is 5.43. The molecule has 5 atom stereocenters. The molecule has 49 heavy (non-hydrogen) atoms. The van der Waals surface area contributed by atoms with Crippen molar-refractivity contribution < 1.29 is 38.0 Å². The lowest BCUT2D eigenvalue weighted by molar-refractivity contribution is -0.0731. The number of alkyl carbamates (subject to hydrolysis) is 1. The van der Waals surface area contributed by atoms with Crippen molar-refractivity contribution >= 4 is 40.9 Å². The van der Waals surface area contributed by atoms with Gasteiger partial charge in [0.2, 0.25) is 10.6 Å². The SMILES string of the molecule is C=CCOc1c(C)c2c(c3c1CC1[C@H]4c5c(cc(C)c(OC)c5OCOC)C[C@@H](C(C#N)N1[C@H]3CNC(=O)OCC(Cl)(Cl)Cl)N4C)OCO2. The number of aryl methyl sites for hydroxylation is 1. The molecule has 4 heterocycles. The molecular weight excluding hydrogens is 699 g/mol. The number of carbonyl (C=O) groups is 1. The summed E-state index contributed by atoms with van der Waals surface area (Å²) in [6.45, 7) is 7.66. The molecule has 15 heteroatoms. The Kier molecular flexibility index (Phi) is 10.2. The van der Waals surface area contributed by atoms with Gasteiger partial charge in [-0.25, -0.2) is 4.79 Å². The van der Waals surface area contributed by atoms with Crippen LogP contribution < -0.4 is 29.0 Å². The van der Waals surface area contributed by atoms with E-state index in [-0.39, 0.29) is 44.9 Å². The third-order valence-corrected chi connectivity index (χ3v) is 10.0. The maximum Gasteiger partial charge on any atom is 0.407 e. The molecule has 0 aromatic heterocycles. The Bertz CT molecular complexity index is 1680. The third-order valence-electron chi connectivity index (χ3n) is 9.72. The zero-order valence-corrected chi connectivity index (χ0v) is 30.2. The Morgan fingerprint density at radius 3 is 2.55 bits per heavy atom. The van der Waals surface area contributed by atoms with Crippen molar-refractivity contribution in [3.63, 3.8) is 0 Å². The van der Waals surface area contributed by atoms with Gasteiger partial charge in [0.25, 0.3) is 0 Å². The average Bonchev–Trinajstić information content (AvgIpc) is 3.55. The lowest BCUT2D eigenvalue weighted by Gasteiger charge is -2.60. The van der Waals surface area contributed by atoms with Gasteiger partial charge in [-0.1, -0.05) is 53.5 Å². The monoisotopic (exact) mass is 736 g/mol. The predicted octanol–water partition coefficient (Wildman–Crippen LogP) is 5.46. The zero-order valence-electron chi connectivity index (χ0n) is 27.9. The Labute approximate surface area is 300 Å². The van der Waals surface area contributed by atoms with E-state index in [2.05, 4.69) is 33.8 Å². The molecule has 4 aliphatic heterocycles. The van der Waals surface area contributed by atoms with E-state index in [0.717, 1.165) is 33.4 Å². The normalized spacial score (nSPS) is 23.8. The molecule has 2 bridgehead atoms. The topological polar surface area (TPSA) is 124 Å². The van der Waals surface area contributed by atoms with Crippen molar-refractivity contribution in [2.75, 3.05) is 54.6 Å². The zero-order chi connectivity index (χ0) is 35.2. The minimum Gasteiger partial charge on any atom is -0.493 e. The van der Waals surface area contributed by atoms with Crippen LogP contribution in [0.5, 0.6) is 28.7 Å².